The maximum absolute atomic E-state index is 13.0. The molecule has 0 fully saturated rings. The predicted molar refractivity (Wildman–Crippen MR) is 78.4 cm³/mol. The Kier molecular flexibility index (Phi) is 3.58. The lowest BCUT2D eigenvalue weighted by Gasteiger charge is -2.06. The van der Waals surface area contributed by atoms with Gasteiger partial charge < -0.3 is 10.4 Å². The molecule has 3 aromatic rings. The smallest absolute Gasteiger partial charge is 0.138 e. The molecule has 2 N–H and O–H groups in total. The number of benzene rings is 1. The minimum Gasteiger partial charge on any atom is -0.395 e. The zero-order chi connectivity index (χ0) is 13.9. The summed E-state index contributed by atoms with van der Waals surface area (Å²) in [6.45, 7) is 0.451. The number of rotatable bonds is 4. The van der Waals surface area contributed by atoms with Crippen LogP contribution in [0, 0.1) is 5.82 Å². The summed E-state index contributed by atoms with van der Waals surface area (Å²) in [7, 11) is 0. The summed E-state index contributed by atoms with van der Waals surface area (Å²) in [5.41, 5.74) is 1.88. The van der Waals surface area contributed by atoms with Crippen LogP contribution in [0.25, 0.3) is 21.3 Å². The van der Waals surface area contributed by atoms with Gasteiger partial charge in [0.05, 0.1) is 12.0 Å². The average Bonchev–Trinajstić information content (AvgIpc) is 2.90. The summed E-state index contributed by atoms with van der Waals surface area (Å²) in [6.07, 6.45) is 1.49. The van der Waals surface area contributed by atoms with E-state index in [1.54, 1.807) is 12.1 Å². The highest BCUT2D eigenvalue weighted by Crippen LogP contribution is 2.36. The second kappa shape index (κ2) is 5.52. The molecule has 0 spiro atoms. The van der Waals surface area contributed by atoms with Gasteiger partial charge in [0.2, 0.25) is 0 Å². The molecule has 0 aliphatic heterocycles. The molecule has 0 saturated heterocycles. The van der Waals surface area contributed by atoms with Crippen molar-refractivity contribution in [2.45, 2.75) is 0 Å². The average molecular weight is 289 g/mol. The topological polar surface area (TPSA) is 58.0 Å². The molecule has 0 unspecified atom stereocenters. The molecule has 4 nitrogen and oxygen atoms in total. The lowest BCUT2D eigenvalue weighted by Crippen LogP contribution is -2.07. The fourth-order valence-corrected chi connectivity index (χ4v) is 2.94. The third kappa shape index (κ3) is 2.35. The van der Waals surface area contributed by atoms with E-state index in [1.165, 1.54) is 29.8 Å². The Balaban J connectivity index is 2.13. The van der Waals surface area contributed by atoms with Crippen LogP contribution in [0.5, 0.6) is 0 Å². The van der Waals surface area contributed by atoms with Gasteiger partial charge in [0.1, 0.15) is 22.8 Å². The second-order valence-electron chi connectivity index (χ2n) is 4.21. The van der Waals surface area contributed by atoms with Gasteiger partial charge in [-0.1, -0.05) is 12.1 Å². The molecule has 0 amide bonds. The largest absolute Gasteiger partial charge is 0.395 e. The molecule has 0 radical (unpaired) electrons. The van der Waals surface area contributed by atoms with E-state index >= 15 is 0 Å². The van der Waals surface area contributed by atoms with Crippen molar-refractivity contribution in [1.29, 1.82) is 0 Å². The Hall–Kier alpha value is -2.05. The Labute approximate surface area is 118 Å². The predicted octanol–water partition coefficient (Wildman–Crippen LogP) is 2.90. The molecule has 0 aliphatic rings. The zero-order valence-electron chi connectivity index (χ0n) is 10.5. The van der Waals surface area contributed by atoms with E-state index in [-0.39, 0.29) is 12.4 Å². The molecule has 0 atom stereocenters. The van der Waals surface area contributed by atoms with Crippen LogP contribution in [0.4, 0.5) is 10.2 Å². The molecular formula is C14H12FN3OS. The molecule has 6 heteroatoms. The molecule has 1 aromatic carbocycles. The summed E-state index contributed by atoms with van der Waals surface area (Å²) in [6, 6.07) is 6.34. The number of aliphatic hydroxyl groups excluding tert-OH is 1. The minimum absolute atomic E-state index is 0.0293. The van der Waals surface area contributed by atoms with Crippen molar-refractivity contribution in [2.24, 2.45) is 0 Å². The number of thiophene rings is 1. The van der Waals surface area contributed by atoms with E-state index in [0.29, 0.717) is 12.4 Å². The first kappa shape index (κ1) is 13.0. The van der Waals surface area contributed by atoms with Crippen LogP contribution in [0.15, 0.2) is 36.0 Å². The maximum Gasteiger partial charge on any atom is 0.138 e. The van der Waals surface area contributed by atoms with E-state index in [2.05, 4.69) is 15.3 Å². The van der Waals surface area contributed by atoms with Gasteiger partial charge in [0, 0.05) is 17.5 Å². The third-order valence-corrected chi connectivity index (χ3v) is 3.82. The van der Waals surface area contributed by atoms with E-state index in [9.17, 15) is 4.39 Å². The molecule has 3 rings (SSSR count). The molecule has 102 valence electrons. The van der Waals surface area contributed by atoms with Gasteiger partial charge in [-0.2, -0.15) is 0 Å². The van der Waals surface area contributed by atoms with Crippen LogP contribution < -0.4 is 5.32 Å². The van der Waals surface area contributed by atoms with Crippen molar-refractivity contribution in [3.8, 4) is 11.1 Å². The van der Waals surface area contributed by atoms with Crippen molar-refractivity contribution in [3.63, 3.8) is 0 Å². The van der Waals surface area contributed by atoms with Crippen molar-refractivity contribution >= 4 is 27.4 Å². The second-order valence-corrected chi connectivity index (χ2v) is 5.07. The highest BCUT2D eigenvalue weighted by atomic mass is 32.1. The Morgan fingerprint density at radius 1 is 1.20 bits per heavy atom. The third-order valence-electron chi connectivity index (χ3n) is 2.93. The molecule has 20 heavy (non-hydrogen) atoms. The van der Waals surface area contributed by atoms with Gasteiger partial charge in [-0.15, -0.1) is 11.3 Å². The number of fused-ring (bicyclic) bond motifs is 1. The van der Waals surface area contributed by atoms with Crippen LogP contribution in [-0.2, 0) is 0 Å². The van der Waals surface area contributed by atoms with E-state index < -0.39 is 0 Å². The van der Waals surface area contributed by atoms with Gasteiger partial charge in [0.25, 0.3) is 0 Å². The number of anilines is 1. The van der Waals surface area contributed by atoms with E-state index in [0.717, 1.165) is 21.3 Å². The zero-order valence-corrected chi connectivity index (χ0v) is 11.3. The quantitative estimate of drug-likeness (QED) is 0.775. The van der Waals surface area contributed by atoms with E-state index in [4.69, 9.17) is 5.11 Å². The number of aliphatic hydroxyl groups is 1. The molecule has 2 heterocycles. The number of hydrogen-bond acceptors (Lipinski definition) is 5. The summed E-state index contributed by atoms with van der Waals surface area (Å²) in [5.74, 6) is 0.424. The fraction of sp³-hybridized carbons (Fsp3) is 0.143. The number of nitrogens with zero attached hydrogens (tertiary/aromatic N) is 2. The normalized spacial score (nSPS) is 10.9. The van der Waals surface area contributed by atoms with Crippen molar-refractivity contribution in [2.75, 3.05) is 18.5 Å². The lowest BCUT2D eigenvalue weighted by atomic mass is 10.1. The number of halogens is 1. The monoisotopic (exact) mass is 289 g/mol. The van der Waals surface area contributed by atoms with Gasteiger partial charge >= 0.3 is 0 Å². The van der Waals surface area contributed by atoms with E-state index in [1.807, 2.05) is 5.38 Å². The molecular weight excluding hydrogens is 277 g/mol. The fourth-order valence-electron chi connectivity index (χ4n) is 2.03. The Morgan fingerprint density at radius 3 is 2.75 bits per heavy atom. The first-order valence-electron chi connectivity index (χ1n) is 6.12. The highest BCUT2D eigenvalue weighted by molar-refractivity contribution is 7.17. The van der Waals surface area contributed by atoms with Crippen LogP contribution in [0.2, 0.25) is 0 Å². The maximum atomic E-state index is 13.0. The Bertz CT molecular complexity index is 727. The van der Waals surface area contributed by atoms with Gasteiger partial charge in [-0.3, -0.25) is 0 Å². The van der Waals surface area contributed by atoms with Crippen LogP contribution in [0.1, 0.15) is 0 Å². The molecule has 2 aromatic heterocycles. The van der Waals surface area contributed by atoms with Gasteiger partial charge in [0.15, 0.2) is 0 Å². The summed E-state index contributed by atoms with van der Waals surface area (Å²) in [4.78, 5) is 9.32. The molecule has 0 bridgehead atoms. The van der Waals surface area contributed by atoms with Crippen LogP contribution in [0.3, 0.4) is 0 Å². The lowest BCUT2D eigenvalue weighted by molar-refractivity contribution is 0.311. The molecule has 0 saturated carbocycles. The first-order valence-corrected chi connectivity index (χ1v) is 7.00. The standard InChI is InChI=1S/C14H12FN3OS/c15-10-3-1-9(2-4-10)11-7-20-14-12(11)13(16-5-6-19)17-8-18-14/h1-4,7-8,19H,5-6H2,(H,16,17,18). The number of nitrogens with one attached hydrogen (secondary N) is 1. The highest BCUT2D eigenvalue weighted by Gasteiger charge is 2.12. The number of aromatic nitrogens is 2. The van der Waals surface area contributed by atoms with Crippen LogP contribution in [-0.4, -0.2) is 28.2 Å². The minimum atomic E-state index is -0.261. The van der Waals surface area contributed by atoms with Crippen LogP contribution >= 0.6 is 11.3 Å². The number of hydrogen-bond donors (Lipinski definition) is 2. The SMILES string of the molecule is OCCNc1ncnc2scc(-c3ccc(F)cc3)c12. The first-order chi connectivity index (χ1) is 9.79. The van der Waals surface area contributed by atoms with Gasteiger partial charge in [-0.05, 0) is 17.7 Å². The van der Waals surface area contributed by atoms with Crippen molar-refractivity contribution in [3.05, 3.63) is 41.8 Å². The van der Waals surface area contributed by atoms with Gasteiger partial charge in [-0.25, -0.2) is 14.4 Å². The van der Waals surface area contributed by atoms with Crippen molar-refractivity contribution < 1.29 is 9.50 Å². The van der Waals surface area contributed by atoms with Crippen molar-refractivity contribution in [1.82, 2.24) is 9.97 Å². The summed E-state index contributed by atoms with van der Waals surface area (Å²) in [5, 5.41) is 14.9. The Morgan fingerprint density at radius 2 is 2.00 bits per heavy atom. The summed E-state index contributed by atoms with van der Waals surface area (Å²) < 4.78 is 13.0. The molecule has 0 aliphatic carbocycles. The summed E-state index contributed by atoms with van der Waals surface area (Å²) >= 11 is 1.51.